The highest BCUT2D eigenvalue weighted by atomic mass is 32.2. The number of sulfone groups is 1. The van der Waals surface area contributed by atoms with Crippen molar-refractivity contribution < 1.29 is 27.5 Å². The summed E-state index contributed by atoms with van der Waals surface area (Å²) in [6, 6.07) is 5.06. The second-order valence-corrected chi connectivity index (χ2v) is 11.1. The fourth-order valence-corrected chi connectivity index (χ4v) is 6.74. The number of nitrogens with zero attached hydrogens (tertiary/aromatic N) is 2. The van der Waals surface area contributed by atoms with Gasteiger partial charge in [0.2, 0.25) is 17.7 Å². The molecule has 1 aromatic rings. The number of hydrogen-bond donors (Lipinski definition) is 1. The number of nitrogens with one attached hydrogen (secondary N) is 1. The summed E-state index contributed by atoms with van der Waals surface area (Å²) in [6.45, 7) is 3.31. The largest absolute Gasteiger partial charge is 0.497 e. The zero-order valence-corrected chi connectivity index (χ0v) is 17.9. The lowest BCUT2D eigenvalue weighted by atomic mass is 9.96. The van der Waals surface area contributed by atoms with Gasteiger partial charge in [0, 0.05) is 18.3 Å². The third-order valence-corrected chi connectivity index (χ3v) is 9.19. The van der Waals surface area contributed by atoms with Gasteiger partial charge in [0.25, 0.3) is 0 Å². The van der Waals surface area contributed by atoms with E-state index in [9.17, 15) is 22.8 Å². The number of hydrogen-bond acceptors (Lipinski definition) is 6. The molecule has 0 saturated carbocycles. The Balaban J connectivity index is 1.56. The Labute approximate surface area is 175 Å². The lowest BCUT2D eigenvalue weighted by Gasteiger charge is -2.39. The molecule has 0 aliphatic carbocycles. The molecule has 30 heavy (non-hydrogen) atoms. The van der Waals surface area contributed by atoms with Crippen LogP contribution in [0.2, 0.25) is 0 Å². The van der Waals surface area contributed by atoms with Gasteiger partial charge in [-0.3, -0.25) is 14.4 Å². The molecule has 3 fully saturated rings. The average molecular weight is 436 g/mol. The van der Waals surface area contributed by atoms with Crippen LogP contribution in [-0.4, -0.2) is 71.8 Å². The summed E-state index contributed by atoms with van der Waals surface area (Å²) < 4.78 is 29.4. The average Bonchev–Trinajstić information content (AvgIpc) is 3.23. The number of benzene rings is 1. The first-order valence-electron chi connectivity index (χ1n) is 9.89. The molecule has 0 aromatic heterocycles. The van der Waals surface area contributed by atoms with E-state index in [-0.39, 0.29) is 18.2 Å². The molecule has 1 aromatic carbocycles. The van der Waals surface area contributed by atoms with Crippen molar-refractivity contribution in [2.75, 3.05) is 19.0 Å². The Bertz CT molecular complexity index is 1020. The molecule has 3 saturated heterocycles. The molecule has 10 heteroatoms. The van der Waals surface area contributed by atoms with E-state index in [1.165, 1.54) is 30.8 Å². The van der Waals surface area contributed by atoms with E-state index < -0.39 is 37.9 Å². The van der Waals surface area contributed by atoms with Crippen LogP contribution in [0.25, 0.3) is 0 Å². The second-order valence-electron chi connectivity index (χ2n) is 8.42. The summed E-state index contributed by atoms with van der Waals surface area (Å²) in [5.41, 5.74) is 0.542. The molecular formula is C20H25N3O6S. The van der Waals surface area contributed by atoms with E-state index >= 15 is 0 Å². The van der Waals surface area contributed by atoms with Gasteiger partial charge >= 0.3 is 0 Å². The highest BCUT2D eigenvalue weighted by Crippen LogP contribution is 2.46. The van der Waals surface area contributed by atoms with E-state index in [4.69, 9.17) is 4.74 Å². The van der Waals surface area contributed by atoms with Crippen LogP contribution in [0, 0.1) is 0 Å². The first kappa shape index (κ1) is 20.6. The van der Waals surface area contributed by atoms with E-state index in [2.05, 4.69) is 5.32 Å². The van der Waals surface area contributed by atoms with Crippen molar-refractivity contribution in [1.29, 1.82) is 0 Å². The Kier molecular flexibility index (Phi) is 4.80. The molecule has 3 atom stereocenters. The first-order valence-corrected chi connectivity index (χ1v) is 11.4. The van der Waals surface area contributed by atoms with Crippen LogP contribution in [0.5, 0.6) is 5.75 Å². The Hall–Kier alpha value is -2.62. The van der Waals surface area contributed by atoms with Crippen LogP contribution in [0.15, 0.2) is 24.3 Å². The SMILES string of the molecule is COc1cccc(NC(=O)C2CCCN2C(=O)C2N3C(=O)CC3S(=O)(=O)C2(C)C)c1. The van der Waals surface area contributed by atoms with Crippen LogP contribution in [0.3, 0.4) is 0 Å². The van der Waals surface area contributed by atoms with Crippen molar-refractivity contribution in [2.24, 2.45) is 0 Å². The third kappa shape index (κ3) is 2.88. The molecule has 162 valence electrons. The summed E-state index contributed by atoms with van der Waals surface area (Å²) in [7, 11) is -2.15. The number of likely N-dealkylation sites (tertiary alicyclic amines) is 1. The van der Waals surface area contributed by atoms with Gasteiger partial charge in [-0.05, 0) is 38.8 Å². The number of carbonyl (C=O) groups is 3. The Morgan fingerprint density at radius 1 is 1.27 bits per heavy atom. The van der Waals surface area contributed by atoms with Crippen molar-refractivity contribution >= 4 is 33.2 Å². The van der Waals surface area contributed by atoms with Gasteiger partial charge in [0.15, 0.2) is 9.84 Å². The van der Waals surface area contributed by atoms with Crippen LogP contribution >= 0.6 is 0 Å². The number of ether oxygens (including phenoxy) is 1. The van der Waals surface area contributed by atoms with Crippen molar-refractivity contribution in [2.45, 2.75) is 55.3 Å². The summed E-state index contributed by atoms with van der Waals surface area (Å²) in [4.78, 5) is 41.1. The van der Waals surface area contributed by atoms with Crippen molar-refractivity contribution in [3.05, 3.63) is 24.3 Å². The fraction of sp³-hybridized carbons (Fsp3) is 0.550. The van der Waals surface area contributed by atoms with Gasteiger partial charge in [0.1, 0.15) is 23.2 Å². The normalized spacial score (nSPS) is 28.6. The molecule has 1 N–H and O–H groups in total. The lowest BCUT2D eigenvalue weighted by Crippen LogP contribution is -2.61. The minimum atomic E-state index is -3.67. The number of anilines is 1. The zero-order valence-electron chi connectivity index (χ0n) is 17.1. The van der Waals surface area contributed by atoms with Gasteiger partial charge in [-0.25, -0.2) is 8.42 Å². The maximum atomic E-state index is 13.4. The summed E-state index contributed by atoms with van der Waals surface area (Å²) in [5.74, 6) is -0.585. The topological polar surface area (TPSA) is 113 Å². The first-order chi connectivity index (χ1) is 14.1. The minimum Gasteiger partial charge on any atom is -0.497 e. The maximum Gasteiger partial charge on any atom is 0.247 e. The van der Waals surface area contributed by atoms with Gasteiger partial charge in [0.05, 0.1) is 18.3 Å². The molecule has 3 unspecified atom stereocenters. The van der Waals surface area contributed by atoms with Gasteiger partial charge in [-0.2, -0.15) is 0 Å². The smallest absolute Gasteiger partial charge is 0.247 e. The molecule has 9 nitrogen and oxygen atoms in total. The number of β-lactam (4-membered cyclic amide) rings is 1. The zero-order chi connectivity index (χ0) is 21.8. The maximum absolute atomic E-state index is 13.4. The number of carbonyl (C=O) groups excluding carboxylic acids is 3. The van der Waals surface area contributed by atoms with E-state index in [1.807, 2.05) is 0 Å². The summed E-state index contributed by atoms with van der Waals surface area (Å²) in [5, 5.41) is 1.86. The molecule has 3 aliphatic heterocycles. The molecular weight excluding hydrogens is 410 g/mol. The molecule has 0 bridgehead atoms. The predicted octanol–water partition coefficient (Wildman–Crippen LogP) is 0.759. The standard InChI is InChI=1S/C20H25N3O6S/c1-20(2)17(23-15(24)11-16(23)30(20,27)28)19(26)22-9-5-8-14(22)18(25)21-12-6-4-7-13(10-12)29-3/h4,6-7,10,14,16-17H,5,8-9,11H2,1-3H3,(H,21,25). The second kappa shape index (κ2) is 6.97. The number of methoxy groups -OCH3 is 1. The Morgan fingerprint density at radius 3 is 2.67 bits per heavy atom. The quantitative estimate of drug-likeness (QED) is 0.699. The molecule has 3 heterocycles. The van der Waals surface area contributed by atoms with E-state index in [0.29, 0.717) is 30.8 Å². The van der Waals surface area contributed by atoms with Crippen molar-refractivity contribution in [1.82, 2.24) is 9.80 Å². The Morgan fingerprint density at radius 2 is 2.00 bits per heavy atom. The van der Waals surface area contributed by atoms with Crippen LogP contribution in [-0.2, 0) is 24.2 Å². The molecule has 3 aliphatic rings. The highest BCUT2D eigenvalue weighted by molar-refractivity contribution is 7.93. The van der Waals surface area contributed by atoms with E-state index in [1.54, 1.807) is 24.3 Å². The monoisotopic (exact) mass is 435 g/mol. The van der Waals surface area contributed by atoms with Crippen LogP contribution in [0.4, 0.5) is 5.69 Å². The molecule has 0 radical (unpaired) electrons. The fourth-order valence-electron chi connectivity index (χ4n) is 4.61. The highest BCUT2D eigenvalue weighted by Gasteiger charge is 2.68. The number of amides is 3. The van der Waals surface area contributed by atoms with Gasteiger partial charge in [-0.1, -0.05) is 6.07 Å². The van der Waals surface area contributed by atoms with Gasteiger partial charge < -0.3 is 19.9 Å². The van der Waals surface area contributed by atoms with E-state index in [0.717, 1.165) is 0 Å². The molecule has 4 rings (SSSR count). The third-order valence-electron chi connectivity index (χ3n) is 6.39. The van der Waals surface area contributed by atoms with Crippen LogP contribution in [0.1, 0.15) is 33.1 Å². The number of fused-ring (bicyclic) bond motifs is 1. The predicted molar refractivity (Wildman–Crippen MR) is 108 cm³/mol. The summed E-state index contributed by atoms with van der Waals surface area (Å²) in [6.07, 6.45) is 1.01. The van der Waals surface area contributed by atoms with Crippen LogP contribution < -0.4 is 10.1 Å². The minimum absolute atomic E-state index is 0.0880. The lowest BCUT2D eigenvalue weighted by molar-refractivity contribution is -0.155. The molecule has 3 amide bonds. The number of rotatable bonds is 4. The van der Waals surface area contributed by atoms with Crippen molar-refractivity contribution in [3.63, 3.8) is 0 Å². The molecule has 0 spiro atoms. The van der Waals surface area contributed by atoms with Gasteiger partial charge in [-0.15, -0.1) is 0 Å². The summed E-state index contributed by atoms with van der Waals surface area (Å²) >= 11 is 0. The van der Waals surface area contributed by atoms with Crippen molar-refractivity contribution in [3.8, 4) is 5.75 Å².